The maximum absolute atomic E-state index is 12.6. The Morgan fingerprint density at radius 3 is 2.31 bits per heavy atom. The van der Waals surface area contributed by atoms with Crippen molar-refractivity contribution in [1.82, 2.24) is 4.90 Å². The smallest absolute Gasteiger partial charge is 0.321 e. The van der Waals surface area contributed by atoms with Gasteiger partial charge >= 0.3 is 6.03 Å². The topological polar surface area (TPSA) is 52.6 Å². The third kappa shape index (κ3) is 4.25. The number of rotatable bonds is 4. The van der Waals surface area contributed by atoms with Crippen molar-refractivity contribution in [3.05, 3.63) is 65.7 Å². The summed E-state index contributed by atoms with van der Waals surface area (Å²) >= 11 is 0. The van der Waals surface area contributed by atoms with Crippen molar-refractivity contribution in [2.45, 2.75) is 38.7 Å². The molecule has 1 unspecified atom stereocenters. The molecule has 0 radical (unpaired) electrons. The highest BCUT2D eigenvalue weighted by Gasteiger charge is 2.28. The number of nitrogens with one attached hydrogen (secondary N) is 1. The molecule has 1 saturated heterocycles. The Kier molecular flexibility index (Phi) is 5.94. The molecule has 1 heterocycles. The van der Waals surface area contributed by atoms with Crippen molar-refractivity contribution in [1.29, 1.82) is 0 Å². The van der Waals surface area contributed by atoms with Crippen LogP contribution in [0.2, 0.25) is 0 Å². The number of para-hydroxylation sites is 1. The van der Waals surface area contributed by atoms with E-state index in [0.717, 1.165) is 29.7 Å². The van der Waals surface area contributed by atoms with Crippen LogP contribution in [0.3, 0.4) is 0 Å². The van der Waals surface area contributed by atoms with Gasteiger partial charge in [-0.3, -0.25) is 0 Å². The first-order chi connectivity index (χ1) is 12.6. The fourth-order valence-electron chi connectivity index (χ4n) is 3.65. The van der Waals surface area contributed by atoms with E-state index in [1.807, 2.05) is 53.4 Å². The van der Waals surface area contributed by atoms with E-state index in [1.165, 1.54) is 0 Å². The monoisotopic (exact) mass is 352 g/mol. The molecule has 1 atom stereocenters. The summed E-state index contributed by atoms with van der Waals surface area (Å²) in [7, 11) is 0. The Morgan fingerprint density at radius 2 is 1.65 bits per heavy atom. The summed E-state index contributed by atoms with van der Waals surface area (Å²) in [5, 5.41) is 13.6. The number of carbonyl (C=O) groups is 1. The van der Waals surface area contributed by atoms with E-state index in [2.05, 4.69) is 25.2 Å². The molecule has 0 aromatic heterocycles. The third-order valence-electron chi connectivity index (χ3n) is 5.24. The van der Waals surface area contributed by atoms with Crippen LogP contribution in [0.5, 0.6) is 0 Å². The zero-order valence-electron chi connectivity index (χ0n) is 15.6. The first-order valence-corrected chi connectivity index (χ1v) is 9.44. The van der Waals surface area contributed by atoms with Crippen molar-refractivity contribution >= 4 is 11.7 Å². The standard InChI is InChI=1S/C22H28N2O2/c1-16(2)19-10-6-7-11-20(19)23-22(26)24-14-12-18(13-15-24)21(25)17-8-4-3-5-9-17/h3-11,16,18,21,25H,12-15H2,1-2H3,(H,23,26). The lowest BCUT2D eigenvalue weighted by Gasteiger charge is -2.34. The van der Waals surface area contributed by atoms with Gasteiger partial charge in [-0.25, -0.2) is 4.79 Å². The highest BCUT2D eigenvalue weighted by molar-refractivity contribution is 5.90. The van der Waals surface area contributed by atoms with Crippen LogP contribution in [0.1, 0.15) is 49.8 Å². The lowest BCUT2D eigenvalue weighted by Crippen LogP contribution is -2.42. The van der Waals surface area contributed by atoms with Gasteiger partial charge < -0.3 is 15.3 Å². The van der Waals surface area contributed by atoms with Gasteiger partial charge in [-0.05, 0) is 41.9 Å². The predicted molar refractivity (Wildman–Crippen MR) is 105 cm³/mol. The van der Waals surface area contributed by atoms with Crippen LogP contribution in [0.15, 0.2) is 54.6 Å². The maximum Gasteiger partial charge on any atom is 0.321 e. The minimum atomic E-state index is -0.455. The summed E-state index contributed by atoms with van der Waals surface area (Å²) in [6.07, 6.45) is 1.17. The molecule has 0 saturated carbocycles. The summed E-state index contributed by atoms with van der Waals surface area (Å²) in [4.78, 5) is 14.5. The lowest BCUT2D eigenvalue weighted by molar-refractivity contribution is 0.0683. The number of urea groups is 1. The number of likely N-dealkylation sites (tertiary alicyclic amines) is 1. The molecular formula is C22H28N2O2. The molecule has 2 N–H and O–H groups in total. The molecule has 1 aliphatic heterocycles. The molecule has 4 heteroatoms. The van der Waals surface area contributed by atoms with Gasteiger partial charge in [0.25, 0.3) is 0 Å². The summed E-state index contributed by atoms with van der Waals surface area (Å²) < 4.78 is 0. The number of piperidine rings is 1. The Morgan fingerprint density at radius 1 is 1.04 bits per heavy atom. The summed E-state index contributed by atoms with van der Waals surface area (Å²) in [5.74, 6) is 0.558. The van der Waals surface area contributed by atoms with Crippen molar-refractivity contribution in [3.63, 3.8) is 0 Å². The minimum Gasteiger partial charge on any atom is -0.388 e. The maximum atomic E-state index is 12.6. The fraction of sp³-hybridized carbons (Fsp3) is 0.409. The van der Waals surface area contributed by atoms with E-state index in [-0.39, 0.29) is 11.9 Å². The van der Waals surface area contributed by atoms with Gasteiger partial charge in [0.2, 0.25) is 0 Å². The number of aliphatic hydroxyl groups is 1. The van der Waals surface area contributed by atoms with E-state index in [9.17, 15) is 9.90 Å². The average Bonchev–Trinajstić information content (AvgIpc) is 2.68. The van der Waals surface area contributed by atoms with Gasteiger partial charge in [0.1, 0.15) is 0 Å². The molecule has 1 aliphatic rings. The number of anilines is 1. The highest BCUT2D eigenvalue weighted by atomic mass is 16.3. The number of nitrogens with zero attached hydrogens (tertiary/aromatic N) is 1. The van der Waals surface area contributed by atoms with Gasteiger partial charge in [-0.2, -0.15) is 0 Å². The summed E-state index contributed by atoms with van der Waals surface area (Å²) in [5.41, 5.74) is 3.00. The van der Waals surface area contributed by atoms with Crippen LogP contribution in [-0.2, 0) is 0 Å². The van der Waals surface area contributed by atoms with Gasteiger partial charge in [0, 0.05) is 18.8 Å². The van der Waals surface area contributed by atoms with Crippen molar-refractivity contribution < 1.29 is 9.90 Å². The van der Waals surface area contributed by atoms with Gasteiger partial charge in [-0.1, -0.05) is 62.4 Å². The van der Waals surface area contributed by atoms with E-state index in [1.54, 1.807) is 0 Å². The number of amides is 2. The number of aliphatic hydroxyl groups excluding tert-OH is 1. The Balaban J connectivity index is 1.57. The van der Waals surface area contributed by atoms with Crippen molar-refractivity contribution in [2.24, 2.45) is 5.92 Å². The number of hydrogen-bond donors (Lipinski definition) is 2. The molecule has 138 valence electrons. The van der Waals surface area contributed by atoms with Crippen LogP contribution in [0.4, 0.5) is 10.5 Å². The van der Waals surface area contributed by atoms with E-state index in [4.69, 9.17) is 0 Å². The molecular weight excluding hydrogens is 324 g/mol. The average molecular weight is 352 g/mol. The second-order valence-corrected chi connectivity index (χ2v) is 7.35. The Labute approximate surface area is 155 Å². The largest absolute Gasteiger partial charge is 0.388 e. The number of benzene rings is 2. The fourth-order valence-corrected chi connectivity index (χ4v) is 3.65. The SMILES string of the molecule is CC(C)c1ccccc1NC(=O)N1CCC(C(O)c2ccccc2)CC1. The zero-order valence-corrected chi connectivity index (χ0v) is 15.6. The van der Waals surface area contributed by atoms with Crippen LogP contribution < -0.4 is 5.32 Å². The summed E-state index contributed by atoms with van der Waals surface area (Å²) in [6.45, 7) is 5.59. The van der Waals surface area contributed by atoms with Crippen LogP contribution >= 0.6 is 0 Å². The first kappa shape index (κ1) is 18.5. The molecule has 1 fully saturated rings. The van der Waals surface area contributed by atoms with Gasteiger partial charge in [0.05, 0.1) is 6.10 Å². The molecule has 0 bridgehead atoms. The van der Waals surface area contributed by atoms with E-state index >= 15 is 0 Å². The van der Waals surface area contributed by atoms with Gasteiger partial charge in [0.15, 0.2) is 0 Å². The number of hydrogen-bond acceptors (Lipinski definition) is 2. The van der Waals surface area contributed by atoms with Crippen molar-refractivity contribution in [2.75, 3.05) is 18.4 Å². The van der Waals surface area contributed by atoms with Crippen LogP contribution in [0, 0.1) is 5.92 Å². The third-order valence-corrected chi connectivity index (χ3v) is 5.24. The molecule has 26 heavy (non-hydrogen) atoms. The molecule has 0 aliphatic carbocycles. The quantitative estimate of drug-likeness (QED) is 0.831. The normalized spacial score (nSPS) is 16.5. The van der Waals surface area contributed by atoms with E-state index in [0.29, 0.717) is 19.0 Å². The molecule has 2 aromatic carbocycles. The predicted octanol–water partition coefficient (Wildman–Crippen LogP) is 4.79. The minimum absolute atomic E-state index is 0.0502. The highest BCUT2D eigenvalue weighted by Crippen LogP contribution is 2.31. The number of carbonyl (C=O) groups excluding carboxylic acids is 1. The molecule has 3 rings (SSSR count). The second-order valence-electron chi connectivity index (χ2n) is 7.35. The van der Waals surface area contributed by atoms with E-state index < -0.39 is 6.10 Å². The van der Waals surface area contributed by atoms with Crippen LogP contribution in [-0.4, -0.2) is 29.1 Å². The summed E-state index contributed by atoms with van der Waals surface area (Å²) in [6, 6.07) is 17.7. The molecule has 0 spiro atoms. The first-order valence-electron chi connectivity index (χ1n) is 9.44. The van der Waals surface area contributed by atoms with Crippen molar-refractivity contribution in [3.8, 4) is 0 Å². The molecule has 2 aromatic rings. The Bertz CT molecular complexity index is 722. The zero-order chi connectivity index (χ0) is 18.5. The Hall–Kier alpha value is -2.33. The van der Waals surface area contributed by atoms with Gasteiger partial charge in [-0.15, -0.1) is 0 Å². The molecule has 4 nitrogen and oxygen atoms in total. The second kappa shape index (κ2) is 8.37. The molecule has 2 amide bonds. The van der Waals surface area contributed by atoms with Crippen LogP contribution in [0.25, 0.3) is 0 Å². The lowest BCUT2D eigenvalue weighted by atomic mass is 9.87.